The second-order valence-electron chi connectivity index (χ2n) is 7.16. The van der Waals surface area contributed by atoms with Gasteiger partial charge in [0, 0.05) is 29.9 Å². The van der Waals surface area contributed by atoms with Crippen LogP contribution in [0, 0.1) is 0 Å². The van der Waals surface area contributed by atoms with Crippen molar-refractivity contribution in [2.45, 2.75) is 46.2 Å². The van der Waals surface area contributed by atoms with Gasteiger partial charge in [-0.05, 0) is 62.2 Å². The fourth-order valence-electron chi connectivity index (χ4n) is 3.41. The van der Waals surface area contributed by atoms with E-state index in [-0.39, 0.29) is 0 Å². The summed E-state index contributed by atoms with van der Waals surface area (Å²) >= 11 is 0. The number of fused-ring (bicyclic) bond motifs is 1. The van der Waals surface area contributed by atoms with Crippen molar-refractivity contribution in [2.24, 2.45) is 0 Å². The van der Waals surface area contributed by atoms with E-state index < -0.39 is 0 Å². The summed E-state index contributed by atoms with van der Waals surface area (Å²) in [5.74, 6) is 1.37. The number of pyridine rings is 1. The molecule has 0 saturated heterocycles. The highest BCUT2D eigenvalue weighted by atomic mass is 16.5. The average Bonchev–Trinajstić information content (AvgIpc) is 3.01. The first-order valence-electron chi connectivity index (χ1n) is 9.39. The van der Waals surface area contributed by atoms with Gasteiger partial charge in [0.25, 0.3) is 0 Å². The summed E-state index contributed by atoms with van der Waals surface area (Å²) < 4.78 is 5.55. The van der Waals surface area contributed by atoms with Gasteiger partial charge in [-0.3, -0.25) is 4.90 Å². The third-order valence-electron chi connectivity index (χ3n) is 5.03. The Morgan fingerprint density at radius 2 is 1.85 bits per heavy atom. The second kappa shape index (κ2) is 7.92. The van der Waals surface area contributed by atoms with Crippen LogP contribution in [0.3, 0.4) is 0 Å². The normalized spacial score (nSPS) is 12.9. The highest BCUT2D eigenvalue weighted by Gasteiger charge is 2.19. The molecule has 0 radical (unpaired) electrons. The molecule has 0 saturated carbocycles. The van der Waals surface area contributed by atoms with E-state index in [1.807, 2.05) is 19.2 Å². The minimum Gasteiger partial charge on any atom is -0.494 e. The Morgan fingerprint density at radius 3 is 2.50 bits per heavy atom. The van der Waals surface area contributed by atoms with Gasteiger partial charge < -0.3 is 9.72 Å². The van der Waals surface area contributed by atoms with Gasteiger partial charge in [-0.25, -0.2) is 4.98 Å². The molecule has 3 aromatic rings. The molecule has 4 nitrogen and oxygen atoms in total. The third-order valence-corrected chi connectivity index (χ3v) is 5.03. The van der Waals surface area contributed by atoms with E-state index in [0.29, 0.717) is 18.6 Å². The predicted molar refractivity (Wildman–Crippen MR) is 108 cm³/mol. The van der Waals surface area contributed by atoms with Gasteiger partial charge >= 0.3 is 0 Å². The van der Waals surface area contributed by atoms with E-state index in [1.54, 1.807) is 0 Å². The summed E-state index contributed by atoms with van der Waals surface area (Å²) in [5.41, 5.74) is 4.90. The van der Waals surface area contributed by atoms with Crippen LogP contribution < -0.4 is 4.74 Å². The first kappa shape index (κ1) is 18.5. The molecule has 0 unspecified atom stereocenters. The predicted octanol–water partition coefficient (Wildman–Crippen LogP) is 5.28. The smallest absolute Gasteiger partial charge is 0.137 e. The summed E-state index contributed by atoms with van der Waals surface area (Å²) in [7, 11) is 2.18. The number of hydrogen-bond donors (Lipinski definition) is 1. The SMILES string of the molecule is CCOc1ccc([C@H](C)N(C)Cc2c(C(C)C)[nH]c3ncccc23)cc1. The number of nitrogens with one attached hydrogen (secondary N) is 1. The molecule has 0 amide bonds. The van der Waals surface area contributed by atoms with Crippen molar-refractivity contribution in [3.63, 3.8) is 0 Å². The van der Waals surface area contributed by atoms with Crippen molar-refractivity contribution in [3.8, 4) is 5.75 Å². The lowest BCUT2D eigenvalue weighted by atomic mass is 10.0. The molecule has 0 aliphatic heterocycles. The van der Waals surface area contributed by atoms with E-state index in [0.717, 1.165) is 17.9 Å². The van der Waals surface area contributed by atoms with E-state index in [9.17, 15) is 0 Å². The highest BCUT2D eigenvalue weighted by molar-refractivity contribution is 5.81. The number of aromatic nitrogens is 2. The second-order valence-corrected chi connectivity index (χ2v) is 7.16. The van der Waals surface area contributed by atoms with Crippen molar-refractivity contribution in [3.05, 3.63) is 59.4 Å². The van der Waals surface area contributed by atoms with Crippen molar-refractivity contribution >= 4 is 11.0 Å². The summed E-state index contributed by atoms with van der Waals surface area (Å²) in [6.45, 7) is 10.3. The Balaban J connectivity index is 1.84. The van der Waals surface area contributed by atoms with Crippen LogP contribution in [0.2, 0.25) is 0 Å². The van der Waals surface area contributed by atoms with Crippen LogP contribution in [0.25, 0.3) is 11.0 Å². The third kappa shape index (κ3) is 3.75. The number of rotatable bonds is 7. The Labute approximate surface area is 156 Å². The molecule has 1 aromatic carbocycles. The van der Waals surface area contributed by atoms with Crippen LogP contribution >= 0.6 is 0 Å². The largest absolute Gasteiger partial charge is 0.494 e. The molecule has 1 atom stereocenters. The Hall–Kier alpha value is -2.33. The monoisotopic (exact) mass is 351 g/mol. The molecule has 4 heteroatoms. The number of hydrogen-bond acceptors (Lipinski definition) is 3. The maximum atomic E-state index is 5.55. The Bertz CT molecular complexity index is 851. The number of benzene rings is 1. The molecule has 2 heterocycles. The van der Waals surface area contributed by atoms with Crippen LogP contribution in [0.4, 0.5) is 0 Å². The van der Waals surface area contributed by atoms with Gasteiger partial charge in [0.1, 0.15) is 11.4 Å². The standard InChI is InChI=1S/C22H29N3O/c1-6-26-18-11-9-17(10-12-18)16(4)25(5)14-20-19-8-7-13-23-22(19)24-21(20)15(2)3/h7-13,15-16H,6,14H2,1-5H3,(H,23,24)/t16-/m0/s1. The maximum absolute atomic E-state index is 5.55. The summed E-state index contributed by atoms with van der Waals surface area (Å²) in [6.07, 6.45) is 1.85. The minimum atomic E-state index is 0.312. The van der Waals surface area contributed by atoms with E-state index in [4.69, 9.17) is 4.74 Å². The number of ether oxygens (including phenoxy) is 1. The zero-order chi connectivity index (χ0) is 18.7. The van der Waals surface area contributed by atoms with Crippen LogP contribution in [0.15, 0.2) is 42.6 Å². The zero-order valence-corrected chi connectivity index (χ0v) is 16.4. The van der Waals surface area contributed by atoms with Gasteiger partial charge in [0.05, 0.1) is 6.61 Å². The van der Waals surface area contributed by atoms with Crippen molar-refractivity contribution in [2.75, 3.05) is 13.7 Å². The molecule has 2 aromatic heterocycles. The molecule has 0 aliphatic carbocycles. The van der Waals surface area contributed by atoms with E-state index in [2.05, 4.69) is 73.0 Å². The molecular weight excluding hydrogens is 322 g/mol. The van der Waals surface area contributed by atoms with Gasteiger partial charge in [-0.1, -0.05) is 26.0 Å². The Kier molecular flexibility index (Phi) is 5.62. The molecule has 138 valence electrons. The highest BCUT2D eigenvalue weighted by Crippen LogP contribution is 2.30. The van der Waals surface area contributed by atoms with Crippen LogP contribution in [-0.4, -0.2) is 28.5 Å². The summed E-state index contributed by atoms with van der Waals surface area (Å²) in [6, 6.07) is 12.9. The van der Waals surface area contributed by atoms with Gasteiger partial charge in [-0.2, -0.15) is 0 Å². The first-order valence-corrected chi connectivity index (χ1v) is 9.39. The molecule has 0 aliphatic rings. The van der Waals surface area contributed by atoms with Crippen molar-refractivity contribution in [1.82, 2.24) is 14.9 Å². The molecule has 0 spiro atoms. The fraction of sp³-hybridized carbons (Fsp3) is 0.409. The lowest BCUT2D eigenvalue weighted by Gasteiger charge is -2.26. The van der Waals surface area contributed by atoms with Crippen molar-refractivity contribution in [1.29, 1.82) is 0 Å². The van der Waals surface area contributed by atoms with Crippen LogP contribution in [-0.2, 0) is 6.54 Å². The number of nitrogens with zero attached hydrogens (tertiary/aromatic N) is 2. The molecule has 0 bridgehead atoms. The first-order chi connectivity index (χ1) is 12.5. The quantitative estimate of drug-likeness (QED) is 0.630. The summed E-state index contributed by atoms with van der Waals surface area (Å²) in [5, 5.41) is 1.22. The number of aromatic amines is 1. The van der Waals surface area contributed by atoms with E-state index >= 15 is 0 Å². The Morgan fingerprint density at radius 1 is 1.12 bits per heavy atom. The molecule has 3 rings (SSSR count). The maximum Gasteiger partial charge on any atom is 0.137 e. The average molecular weight is 351 g/mol. The van der Waals surface area contributed by atoms with Gasteiger partial charge in [-0.15, -0.1) is 0 Å². The fourth-order valence-corrected chi connectivity index (χ4v) is 3.41. The zero-order valence-electron chi connectivity index (χ0n) is 16.4. The summed E-state index contributed by atoms with van der Waals surface area (Å²) in [4.78, 5) is 10.4. The molecule has 1 N–H and O–H groups in total. The molecule has 0 fully saturated rings. The molecular formula is C22H29N3O. The lowest BCUT2D eigenvalue weighted by Crippen LogP contribution is -2.22. The molecule has 26 heavy (non-hydrogen) atoms. The van der Waals surface area contributed by atoms with Gasteiger partial charge in [0.15, 0.2) is 0 Å². The van der Waals surface area contributed by atoms with Gasteiger partial charge in [0.2, 0.25) is 0 Å². The van der Waals surface area contributed by atoms with Crippen LogP contribution in [0.1, 0.15) is 56.5 Å². The number of H-pyrrole nitrogens is 1. The van der Waals surface area contributed by atoms with E-state index in [1.165, 1.54) is 22.2 Å². The van der Waals surface area contributed by atoms with Crippen molar-refractivity contribution < 1.29 is 4.74 Å². The minimum absolute atomic E-state index is 0.312. The van der Waals surface area contributed by atoms with Crippen LogP contribution in [0.5, 0.6) is 5.75 Å². The topological polar surface area (TPSA) is 41.1 Å². The lowest BCUT2D eigenvalue weighted by molar-refractivity contribution is 0.252.